The van der Waals surface area contributed by atoms with Crippen LogP contribution in [0.1, 0.15) is 11.7 Å². The van der Waals surface area contributed by atoms with Crippen LogP contribution in [0, 0.1) is 11.6 Å². The molecule has 0 heterocycles. The maximum atomic E-state index is 13.5. The first-order valence-corrected chi connectivity index (χ1v) is 7.33. The van der Waals surface area contributed by atoms with Gasteiger partial charge in [0.2, 0.25) is 0 Å². The molecule has 0 saturated carbocycles. The van der Waals surface area contributed by atoms with Crippen molar-refractivity contribution in [2.45, 2.75) is 11.0 Å². The van der Waals surface area contributed by atoms with Gasteiger partial charge >= 0.3 is 0 Å². The minimum absolute atomic E-state index is 0.0833. The van der Waals surface area contributed by atoms with E-state index < -0.39 is 17.7 Å². The van der Waals surface area contributed by atoms with E-state index in [2.05, 4.69) is 5.32 Å². The average Bonchev–Trinajstić information content (AvgIpc) is 2.45. The molecule has 0 spiro atoms. The second-order valence-corrected chi connectivity index (χ2v) is 5.17. The Morgan fingerprint density at radius 3 is 2.70 bits per heavy atom. The minimum Gasteiger partial charge on any atom is -0.386 e. The number of aliphatic hydroxyl groups is 1. The summed E-state index contributed by atoms with van der Waals surface area (Å²) in [5, 5.41) is 13.0. The van der Waals surface area contributed by atoms with Gasteiger partial charge in [0.15, 0.2) is 0 Å². The third-order valence-electron chi connectivity index (χ3n) is 2.89. The van der Waals surface area contributed by atoms with Crippen LogP contribution in [0.5, 0.6) is 0 Å². The van der Waals surface area contributed by atoms with Gasteiger partial charge in [0.05, 0.1) is 6.10 Å². The lowest BCUT2D eigenvalue weighted by Gasteiger charge is -2.14. The standard InChI is InChI=1S/C15H15F2NOS/c1-20-12-4-2-3-11(8-12)18-9-15(19)13-6-5-10(16)7-14(13)17/h2-8,15,18-19H,9H2,1H3. The molecule has 2 aromatic rings. The molecular weight excluding hydrogens is 280 g/mol. The van der Waals surface area contributed by atoms with Crippen molar-refractivity contribution >= 4 is 17.4 Å². The van der Waals surface area contributed by atoms with E-state index in [0.29, 0.717) is 0 Å². The van der Waals surface area contributed by atoms with Gasteiger partial charge in [0.1, 0.15) is 11.6 Å². The van der Waals surface area contributed by atoms with Gasteiger partial charge in [-0.3, -0.25) is 0 Å². The maximum Gasteiger partial charge on any atom is 0.131 e. The molecule has 2 rings (SSSR count). The highest BCUT2D eigenvalue weighted by Gasteiger charge is 2.13. The van der Waals surface area contributed by atoms with E-state index in [1.807, 2.05) is 30.5 Å². The lowest BCUT2D eigenvalue weighted by atomic mass is 10.1. The summed E-state index contributed by atoms with van der Waals surface area (Å²) in [6.45, 7) is 0.153. The van der Waals surface area contributed by atoms with Crippen molar-refractivity contribution in [3.63, 3.8) is 0 Å². The zero-order valence-corrected chi connectivity index (χ0v) is 11.8. The van der Waals surface area contributed by atoms with Gasteiger partial charge in [-0.25, -0.2) is 8.78 Å². The van der Waals surface area contributed by atoms with Crippen molar-refractivity contribution in [3.05, 3.63) is 59.7 Å². The molecule has 0 amide bonds. The summed E-state index contributed by atoms with van der Waals surface area (Å²) in [5.74, 6) is -1.39. The van der Waals surface area contributed by atoms with Crippen LogP contribution in [0.15, 0.2) is 47.4 Å². The molecule has 0 aliphatic rings. The molecule has 0 bridgehead atoms. The molecule has 0 radical (unpaired) electrons. The van der Waals surface area contributed by atoms with Gasteiger partial charge in [0, 0.05) is 28.8 Å². The first-order valence-electron chi connectivity index (χ1n) is 6.11. The second-order valence-electron chi connectivity index (χ2n) is 4.29. The van der Waals surface area contributed by atoms with Crippen molar-refractivity contribution in [2.75, 3.05) is 18.1 Å². The maximum absolute atomic E-state index is 13.5. The van der Waals surface area contributed by atoms with E-state index in [4.69, 9.17) is 0 Å². The molecule has 5 heteroatoms. The Morgan fingerprint density at radius 2 is 2.00 bits per heavy atom. The van der Waals surface area contributed by atoms with Crippen LogP contribution in [-0.2, 0) is 0 Å². The molecule has 20 heavy (non-hydrogen) atoms. The van der Waals surface area contributed by atoms with Gasteiger partial charge in [0.25, 0.3) is 0 Å². The van der Waals surface area contributed by atoms with Gasteiger partial charge in [-0.05, 0) is 30.5 Å². The molecule has 2 aromatic carbocycles. The highest BCUT2D eigenvalue weighted by molar-refractivity contribution is 7.98. The summed E-state index contributed by atoms with van der Waals surface area (Å²) in [6, 6.07) is 10.9. The highest BCUT2D eigenvalue weighted by Crippen LogP contribution is 2.21. The van der Waals surface area contributed by atoms with Crippen molar-refractivity contribution in [1.29, 1.82) is 0 Å². The minimum atomic E-state index is -1.03. The number of hydrogen-bond acceptors (Lipinski definition) is 3. The largest absolute Gasteiger partial charge is 0.386 e. The average molecular weight is 295 g/mol. The van der Waals surface area contributed by atoms with E-state index in [0.717, 1.165) is 22.7 Å². The fourth-order valence-corrected chi connectivity index (χ4v) is 2.29. The van der Waals surface area contributed by atoms with Crippen molar-refractivity contribution < 1.29 is 13.9 Å². The number of hydrogen-bond donors (Lipinski definition) is 2. The Hall–Kier alpha value is -1.59. The zero-order valence-electron chi connectivity index (χ0n) is 10.9. The molecule has 1 unspecified atom stereocenters. The van der Waals surface area contributed by atoms with E-state index in [9.17, 15) is 13.9 Å². The van der Waals surface area contributed by atoms with Crippen LogP contribution in [0.4, 0.5) is 14.5 Å². The summed E-state index contributed by atoms with van der Waals surface area (Å²) in [4.78, 5) is 1.09. The molecule has 0 fully saturated rings. The van der Waals surface area contributed by atoms with Gasteiger partial charge in [-0.1, -0.05) is 12.1 Å². The number of halogens is 2. The Labute approximate surface area is 120 Å². The van der Waals surface area contributed by atoms with Crippen molar-refractivity contribution in [3.8, 4) is 0 Å². The number of aliphatic hydroxyl groups excluding tert-OH is 1. The van der Waals surface area contributed by atoms with Gasteiger partial charge in [-0.2, -0.15) is 0 Å². The van der Waals surface area contributed by atoms with Crippen LogP contribution in [-0.4, -0.2) is 17.9 Å². The first-order chi connectivity index (χ1) is 9.60. The quantitative estimate of drug-likeness (QED) is 0.822. The molecule has 0 aliphatic heterocycles. The fraction of sp³-hybridized carbons (Fsp3) is 0.200. The second kappa shape index (κ2) is 6.72. The van der Waals surface area contributed by atoms with Gasteiger partial charge in [-0.15, -0.1) is 11.8 Å². The lowest BCUT2D eigenvalue weighted by molar-refractivity contribution is 0.186. The third kappa shape index (κ3) is 3.71. The van der Waals surface area contributed by atoms with Crippen LogP contribution < -0.4 is 5.32 Å². The summed E-state index contributed by atoms with van der Waals surface area (Å²) < 4.78 is 26.3. The smallest absolute Gasteiger partial charge is 0.131 e. The zero-order chi connectivity index (χ0) is 14.5. The molecular formula is C15H15F2NOS. The number of nitrogens with one attached hydrogen (secondary N) is 1. The molecule has 106 valence electrons. The topological polar surface area (TPSA) is 32.3 Å². The highest BCUT2D eigenvalue weighted by atomic mass is 32.2. The van der Waals surface area contributed by atoms with E-state index in [1.165, 1.54) is 6.07 Å². The monoisotopic (exact) mass is 295 g/mol. The van der Waals surface area contributed by atoms with Crippen LogP contribution in [0.3, 0.4) is 0 Å². The fourth-order valence-electron chi connectivity index (χ4n) is 1.83. The van der Waals surface area contributed by atoms with E-state index >= 15 is 0 Å². The Bertz CT molecular complexity index is 592. The van der Waals surface area contributed by atoms with Gasteiger partial charge < -0.3 is 10.4 Å². The Balaban J connectivity index is 2.02. The third-order valence-corrected chi connectivity index (χ3v) is 3.62. The molecule has 0 aliphatic carbocycles. The summed E-state index contributed by atoms with van der Waals surface area (Å²) in [6.07, 6.45) is 0.940. The Kier molecular flexibility index (Phi) is 4.98. The SMILES string of the molecule is CSc1cccc(NCC(O)c2ccc(F)cc2F)c1. The van der Waals surface area contributed by atoms with E-state index in [-0.39, 0.29) is 12.1 Å². The normalized spacial score (nSPS) is 12.2. The van der Waals surface area contributed by atoms with Crippen LogP contribution in [0.25, 0.3) is 0 Å². The predicted molar refractivity (Wildman–Crippen MR) is 78.0 cm³/mol. The number of rotatable bonds is 5. The van der Waals surface area contributed by atoms with E-state index in [1.54, 1.807) is 11.8 Å². The number of thioether (sulfide) groups is 1. The number of benzene rings is 2. The molecule has 0 saturated heterocycles. The molecule has 2 N–H and O–H groups in total. The Morgan fingerprint density at radius 1 is 1.20 bits per heavy atom. The lowest BCUT2D eigenvalue weighted by Crippen LogP contribution is -2.13. The summed E-state index contributed by atoms with van der Waals surface area (Å²) in [7, 11) is 0. The summed E-state index contributed by atoms with van der Waals surface area (Å²) in [5.41, 5.74) is 0.929. The van der Waals surface area contributed by atoms with Crippen molar-refractivity contribution in [2.24, 2.45) is 0 Å². The molecule has 0 aromatic heterocycles. The predicted octanol–water partition coefficient (Wildman–Crippen LogP) is 3.83. The van der Waals surface area contributed by atoms with Crippen LogP contribution >= 0.6 is 11.8 Å². The summed E-state index contributed by atoms with van der Waals surface area (Å²) >= 11 is 1.61. The molecule has 1 atom stereocenters. The first kappa shape index (κ1) is 14.8. The van der Waals surface area contributed by atoms with Crippen LogP contribution in [0.2, 0.25) is 0 Å². The molecule has 2 nitrogen and oxygen atoms in total. The van der Waals surface area contributed by atoms with Crippen molar-refractivity contribution in [1.82, 2.24) is 0 Å². The number of anilines is 1.